The lowest BCUT2D eigenvalue weighted by atomic mass is 9.92. The van der Waals surface area contributed by atoms with Crippen LogP contribution in [0.1, 0.15) is 87.9 Å². The van der Waals surface area contributed by atoms with Crippen LogP contribution in [-0.2, 0) is 63.9 Å². The maximum atomic E-state index is 14.3. The number of nitrogens with zero attached hydrogens (tertiary/aromatic N) is 4. The van der Waals surface area contributed by atoms with Gasteiger partial charge in [0.05, 0.1) is 76.2 Å². The maximum absolute atomic E-state index is 14.3. The highest BCUT2D eigenvalue weighted by molar-refractivity contribution is 6.07. The molecule has 1 saturated heterocycles. The Bertz CT molecular complexity index is 2920. The van der Waals surface area contributed by atoms with E-state index >= 15 is 0 Å². The van der Waals surface area contributed by atoms with Gasteiger partial charge in [0.1, 0.15) is 13.2 Å². The standard InChI is InChI=1S/C32H38N2O9.C27H30N2O8/c1-4-14-42-32(37)34-24-19-27(40-16-9-12-28(35)39-3)26(38-2)18-23(24)30(36)33-20-22-11-6-5-10-21(22)17-25(33)31(34)43-29-13-7-8-15-41-29;1-4-11-37-27(33)29-20-15-23(36-12-7-10-24(30)35-3)22(34-2)14-19(20)25(31)28-16-18-9-6-5-8-17(18)13-21(28)26(29)32/h4-6,10-11,18-19,25,29,31H,1,7-9,12-17,20H2,2-3H3;4-6,8-9,14-15,21,26,32H,1,7,10-13,16H2,2-3H3/t25-,29?,31?;21-,26?/m00/s1. The van der Waals surface area contributed by atoms with Crippen molar-refractivity contribution in [1.82, 2.24) is 9.80 Å². The summed E-state index contributed by atoms with van der Waals surface area (Å²) in [7, 11) is 5.56. The number of amides is 4. The van der Waals surface area contributed by atoms with Gasteiger partial charge in [0, 0.05) is 44.7 Å². The lowest BCUT2D eigenvalue weighted by Gasteiger charge is -2.43. The number of ether oxygens (including phenoxy) is 10. The molecule has 1 fully saturated rings. The highest BCUT2D eigenvalue weighted by Gasteiger charge is 2.49. The van der Waals surface area contributed by atoms with Crippen molar-refractivity contribution in [2.45, 2.75) is 102 Å². The number of carbonyl (C=O) groups is 6. The Morgan fingerprint density at radius 3 is 1.59 bits per heavy atom. The van der Waals surface area contributed by atoms with Crippen molar-refractivity contribution in [1.29, 1.82) is 0 Å². The summed E-state index contributed by atoms with van der Waals surface area (Å²) in [6.07, 6.45) is 2.95. The summed E-state index contributed by atoms with van der Waals surface area (Å²) in [5, 5.41) is 11.5. The molecule has 0 aliphatic carbocycles. The van der Waals surface area contributed by atoms with Crippen LogP contribution >= 0.6 is 0 Å². The first kappa shape index (κ1) is 58.0. The van der Waals surface area contributed by atoms with E-state index in [2.05, 4.69) is 17.9 Å². The van der Waals surface area contributed by atoms with E-state index < -0.39 is 43.0 Å². The van der Waals surface area contributed by atoms with E-state index in [4.69, 9.17) is 42.6 Å². The summed E-state index contributed by atoms with van der Waals surface area (Å²) in [4.78, 5) is 84.0. The second kappa shape index (κ2) is 27.2. The van der Waals surface area contributed by atoms with Gasteiger partial charge in [0.25, 0.3) is 11.8 Å². The van der Waals surface area contributed by atoms with Gasteiger partial charge >= 0.3 is 24.1 Å². The minimum Gasteiger partial charge on any atom is -0.493 e. The Morgan fingerprint density at radius 1 is 0.637 bits per heavy atom. The molecule has 0 spiro atoms. The van der Waals surface area contributed by atoms with Gasteiger partial charge in [0.2, 0.25) is 0 Å². The molecule has 0 bridgehead atoms. The third-order valence-corrected chi connectivity index (χ3v) is 14.3. The predicted molar refractivity (Wildman–Crippen MR) is 290 cm³/mol. The summed E-state index contributed by atoms with van der Waals surface area (Å²) in [6, 6.07) is 20.6. The van der Waals surface area contributed by atoms with Crippen molar-refractivity contribution in [2.75, 3.05) is 71.3 Å². The van der Waals surface area contributed by atoms with Crippen molar-refractivity contribution in [3.8, 4) is 23.0 Å². The highest BCUT2D eigenvalue weighted by atomic mass is 16.7. The Morgan fingerprint density at radius 2 is 1.11 bits per heavy atom. The van der Waals surface area contributed by atoms with Crippen LogP contribution in [0.2, 0.25) is 0 Å². The van der Waals surface area contributed by atoms with Crippen LogP contribution in [0, 0.1) is 0 Å². The predicted octanol–water partition coefficient (Wildman–Crippen LogP) is 7.66. The molecule has 4 aromatic rings. The van der Waals surface area contributed by atoms with Crippen molar-refractivity contribution in [3.05, 3.63) is 131 Å². The van der Waals surface area contributed by atoms with Gasteiger partial charge < -0.3 is 62.3 Å². The zero-order valence-electron chi connectivity index (χ0n) is 45.5. The molecule has 5 aliphatic rings. The van der Waals surface area contributed by atoms with Crippen LogP contribution in [0.15, 0.2) is 98.1 Å². The molecule has 21 heteroatoms. The molecular weight excluding hydrogens is 1040 g/mol. The molecule has 4 amide bonds. The van der Waals surface area contributed by atoms with Crippen LogP contribution in [0.5, 0.6) is 23.0 Å². The Labute approximate surface area is 464 Å². The van der Waals surface area contributed by atoms with E-state index in [1.54, 1.807) is 21.9 Å². The van der Waals surface area contributed by atoms with Crippen molar-refractivity contribution in [3.63, 3.8) is 0 Å². The summed E-state index contributed by atoms with van der Waals surface area (Å²) < 4.78 is 55.7. The number of esters is 2. The Hall–Kier alpha value is -8.14. The lowest BCUT2D eigenvalue weighted by Crippen LogP contribution is -2.58. The molecule has 1 N–H and O–H groups in total. The third kappa shape index (κ3) is 13.0. The van der Waals surface area contributed by atoms with Gasteiger partial charge in [-0.3, -0.25) is 19.2 Å². The number of rotatable bonds is 18. The first-order valence-electron chi connectivity index (χ1n) is 26.5. The van der Waals surface area contributed by atoms with Gasteiger partial charge in [-0.2, -0.15) is 0 Å². The van der Waals surface area contributed by atoms with Crippen LogP contribution in [0.3, 0.4) is 0 Å². The summed E-state index contributed by atoms with van der Waals surface area (Å²) in [5.74, 6) is -0.206. The molecule has 0 aromatic heterocycles. The molecule has 426 valence electrons. The second-order valence-corrected chi connectivity index (χ2v) is 19.3. The minimum atomic E-state index is -1.39. The minimum absolute atomic E-state index is 0.0322. The van der Waals surface area contributed by atoms with Crippen LogP contribution in [0.4, 0.5) is 21.0 Å². The summed E-state index contributed by atoms with van der Waals surface area (Å²) in [6.45, 7) is 8.64. The normalized spacial score (nSPS) is 19.7. The van der Waals surface area contributed by atoms with E-state index in [-0.39, 0.29) is 104 Å². The smallest absolute Gasteiger partial charge is 0.416 e. The van der Waals surface area contributed by atoms with Gasteiger partial charge in [-0.15, -0.1) is 0 Å². The molecule has 5 aliphatic heterocycles. The van der Waals surface area contributed by atoms with Gasteiger partial charge in [0.15, 0.2) is 41.7 Å². The van der Waals surface area contributed by atoms with Gasteiger partial charge in [-0.25, -0.2) is 19.4 Å². The average molecular weight is 1110 g/mol. The fourth-order valence-electron chi connectivity index (χ4n) is 10.3. The molecule has 80 heavy (non-hydrogen) atoms. The molecular formula is C59H68N4O17. The molecule has 5 atom stereocenters. The lowest BCUT2D eigenvalue weighted by molar-refractivity contribution is -0.197. The molecule has 0 saturated carbocycles. The fraction of sp³-hybridized carbons (Fsp3) is 0.424. The van der Waals surface area contributed by atoms with Gasteiger partial charge in [-0.05, 0) is 79.3 Å². The van der Waals surface area contributed by atoms with Crippen molar-refractivity contribution < 1.29 is 81.2 Å². The maximum Gasteiger partial charge on any atom is 0.416 e. The van der Waals surface area contributed by atoms with E-state index in [0.29, 0.717) is 56.8 Å². The Kier molecular flexibility index (Phi) is 19.7. The summed E-state index contributed by atoms with van der Waals surface area (Å²) in [5.41, 5.74) is 4.88. The highest BCUT2D eigenvalue weighted by Crippen LogP contribution is 2.44. The second-order valence-electron chi connectivity index (χ2n) is 19.3. The van der Waals surface area contributed by atoms with Crippen LogP contribution < -0.4 is 28.7 Å². The number of aliphatic hydroxyl groups is 1. The van der Waals surface area contributed by atoms with Crippen LogP contribution in [0.25, 0.3) is 0 Å². The number of methoxy groups -OCH3 is 4. The Balaban J connectivity index is 0.000000213. The third-order valence-electron chi connectivity index (χ3n) is 14.3. The number of hydrogen-bond acceptors (Lipinski definition) is 17. The number of fused-ring (bicyclic) bond motifs is 6. The quantitative estimate of drug-likeness (QED) is 0.0436. The number of carbonyl (C=O) groups excluding carboxylic acids is 6. The van der Waals surface area contributed by atoms with E-state index in [9.17, 15) is 33.9 Å². The van der Waals surface area contributed by atoms with E-state index in [0.717, 1.165) is 40.0 Å². The first-order valence-corrected chi connectivity index (χ1v) is 26.5. The first-order chi connectivity index (χ1) is 38.8. The molecule has 21 nitrogen and oxygen atoms in total. The van der Waals surface area contributed by atoms with Crippen molar-refractivity contribution in [2.24, 2.45) is 0 Å². The van der Waals surface area contributed by atoms with E-state index in [1.807, 2.05) is 48.5 Å². The average Bonchev–Trinajstić information content (AvgIpc) is 3.90. The number of benzene rings is 4. The zero-order valence-corrected chi connectivity index (χ0v) is 45.5. The molecule has 4 aromatic carbocycles. The SMILES string of the molecule is C=CCOC(=O)N1c2cc(OCCCC(=O)OC)c(OC)cc2C(=O)N2Cc3ccccc3C[C@H]2C1O.C=CCOC(=O)N1c2cc(OCCCC(=O)OC)c(OC)cc2C(=O)N2Cc3ccccc3C[C@H]2C1OC1CCCCO1. The van der Waals surface area contributed by atoms with Crippen molar-refractivity contribution >= 4 is 47.3 Å². The monoisotopic (exact) mass is 1100 g/mol. The molecule has 0 radical (unpaired) electrons. The topological polar surface area (TPSA) is 228 Å². The van der Waals surface area contributed by atoms with Gasteiger partial charge in [-0.1, -0.05) is 73.8 Å². The molecule has 3 unspecified atom stereocenters. The molecule has 9 rings (SSSR count). The largest absolute Gasteiger partial charge is 0.493 e. The van der Waals surface area contributed by atoms with Crippen LogP contribution in [-0.4, -0.2) is 143 Å². The fourth-order valence-corrected chi connectivity index (χ4v) is 10.3. The molecule has 5 heterocycles. The number of aliphatic hydroxyl groups excluding tert-OH is 1. The van der Waals surface area contributed by atoms with E-state index in [1.165, 1.54) is 57.6 Å². The zero-order chi connectivity index (χ0) is 56.9. The summed E-state index contributed by atoms with van der Waals surface area (Å²) >= 11 is 0. The number of anilines is 2. The number of hydrogen-bond donors (Lipinski definition) is 1.